The summed E-state index contributed by atoms with van der Waals surface area (Å²) in [6, 6.07) is 0. The van der Waals surface area contributed by atoms with Gasteiger partial charge in [-0.1, -0.05) is 38.5 Å². The van der Waals surface area contributed by atoms with Crippen molar-refractivity contribution in [3.8, 4) is 11.8 Å². The van der Waals surface area contributed by atoms with Crippen LogP contribution < -0.4 is 5.32 Å². The van der Waals surface area contributed by atoms with Crippen LogP contribution in [0.15, 0.2) is 0 Å². The van der Waals surface area contributed by atoms with E-state index < -0.39 is 0 Å². The van der Waals surface area contributed by atoms with Crippen molar-refractivity contribution >= 4 is 5.97 Å². The molecule has 0 aliphatic carbocycles. The summed E-state index contributed by atoms with van der Waals surface area (Å²) in [5.41, 5.74) is 0. The van der Waals surface area contributed by atoms with Crippen LogP contribution in [0, 0.1) is 11.8 Å². The van der Waals surface area contributed by atoms with Gasteiger partial charge < -0.3 is 15.2 Å². The number of nitrogens with one attached hydrogen (secondary N) is 1. The van der Waals surface area contributed by atoms with Crippen LogP contribution in [0.2, 0.25) is 0 Å². The molecular weight excluding hydrogens is 278 g/mol. The van der Waals surface area contributed by atoms with Crippen molar-refractivity contribution in [2.75, 3.05) is 26.3 Å². The summed E-state index contributed by atoms with van der Waals surface area (Å²) < 4.78 is 5.15. The smallest absolute Gasteiger partial charge is 0.305 e. The van der Waals surface area contributed by atoms with Crippen LogP contribution in [0.1, 0.15) is 71.1 Å². The molecule has 0 amide bonds. The molecule has 0 fully saturated rings. The molecule has 0 spiro atoms. The van der Waals surface area contributed by atoms with Gasteiger partial charge in [-0.2, -0.15) is 0 Å². The SMILES string of the molecule is CCCCCC#CCCOC(=O)CCCCCCNCCO. The summed E-state index contributed by atoms with van der Waals surface area (Å²) in [5, 5.41) is 11.7. The van der Waals surface area contributed by atoms with E-state index in [9.17, 15) is 4.79 Å². The molecule has 0 saturated heterocycles. The lowest BCUT2D eigenvalue weighted by Crippen LogP contribution is -2.19. The molecule has 0 aliphatic heterocycles. The summed E-state index contributed by atoms with van der Waals surface area (Å²) in [4.78, 5) is 11.5. The van der Waals surface area contributed by atoms with Crippen LogP contribution in [-0.2, 0) is 9.53 Å². The minimum Gasteiger partial charge on any atom is -0.465 e. The van der Waals surface area contributed by atoms with Crippen molar-refractivity contribution in [3.63, 3.8) is 0 Å². The zero-order valence-electron chi connectivity index (χ0n) is 14.2. The number of hydrogen-bond acceptors (Lipinski definition) is 4. The molecule has 0 aromatic carbocycles. The summed E-state index contributed by atoms with van der Waals surface area (Å²) in [7, 11) is 0. The van der Waals surface area contributed by atoms with Gasteiger partial charge in [0.25, 0.3) is 0 Å². The highest BCUT2D eigenvalue weighted by Crippen LogP contribution is 2.04. The summed E-state index contributed by atoms with van der Waals surface area (Å²) in [5.74, 6) is 6.05. The Kier molecular flexibility index (Phi) is 17.1. The van der Waals surface area contributed by atoms with Crippen LogP contribution in [0.3, 0.4) is 0 Å². The quantitative estimate of drug-likeness (QED) is 0.294. The van der Waals surface area contributed by atoms with E-state index in [1.807, 2.05) is 0 Å². The second-order valence-electron chi connectivity index (χ2n) is 5.42. The van der Waals surface area contributed by atoms with Crippen LogP contribution in [-0.4, -0.2) is 37.4 Å². The largest absolute Gasteiger partial charge is 0.465 e. The standard InChI is InChI=1S/C18H33NO3/c1-2-3-4-5-6-9-12-17-22-18(21)13-10-7-8-11-14-19-15-16-20/h19-20H,2-5,7-8,10-17H2,1H3. The number of esters is 1. The Labute approximate surface area is 136 Å². The summed E-state index contributed by atoms with van der Waals surface area (Å²) in [6.45, 7) is 4.39. The third-order valence-electron chi connectivity index (χ3n) is 3.29. The van der Waals surface area contributed by atoms with Gasteiger partial charge in [-0.15, -0.1) is 5.92 Å². The molecule has 128 valence electrons. The Balaban J connectivity index is 3.26. The van der Waals surface area contributed by atoms with Gasteiger partial charge in [-0.25, -0.2) is 0 Å². The van der Waals surface area contributed by atoms with Gasteiger partial charge in [0.1, 0.15) is 6.61 Å². The van der Waals surface area contributed by atoms with Crippen LogP contribution in [0.5, 0.6) is 0 Å². The molecule has 0 heterocycles. The van der Waals surface area contributed by atoms with Gasteiger partial charge in [-0.3, -0.25) is 4.79 Å². The fourth-order valence-corrected chi connectivity index (χ4v) is 2.01. The van der Waals surface area contributed by atoms with Crippen molar-refractivity contribution in [1.29, 1.82) is 0 Å². The van der Waals surface area contributed by atoms with E-state index in [0.29, 0.717) is 26.0 Å². The van der Waals surface area contributed by atoms with Crippen molar-refractivity contribution < 1.29 is 14.6 Å². The van der Waals surface area contributed by atoms with Gasteiger partial charge in [0.15, 0.2) is 0 Å². The van der Waals surface area contributed by atoms with Gasteiger partial charge >= 0.3 is 5.97 Å². The van der Waals surface area contributed by atoms with E-state index in [0.717, 1.165) is 38.6 Å². The van der Waals surface area contributed by atoms with E-state index >= 15 is 0 Å². The third kappa shape index (κ3) is 17.0. The van der Waals surface area contributed by atoms with Crippen LogP contribution in [0.4, 0.5) is 0 Å². The number of carbonyl (C=O) groups excluding carboxylic acids is 1. The van der Waals surface area contributed by atoms with Crippen molar-refractivity contribution in [1.82, 2.24) is 5.32 Å². The molecule has 0 radical (unpaired) electrons. The Hall–Kier alpha value is -1.05. The van der Waals surface area contributed by atoms with Gasteiger partial charge in [0, 0.05) is 25.8 Å². The van der Waals surface area contributed by atoms with Gasteiger partial charge in [0.05, 0.1) is 6.61 Å². The highest BCUT2D eigenvalue weighted by molar-refractivity contribution is 5.69. The molecule has 0 atom stereocenters. The monoisotopic (exact) mass is 311 g/mol. The molecule has 0 aliphatic rings. The first-order valence-corrected chi connectivity index (χ1v) is 8.74. The normalized spacial score (nSPS) is 10.1. The maximum atomic E-state index is 11.5. The molecule has 0 saturated carbocycles. The maximum Gasteiger partial charge on any atom is 0.305 e. The highest BCUT2D eigenvalue weighted by atomic mass is 16.5. The molecule has 0 aromatic rings. The topological polar surface area (TPSA) is 58.6 Å². The van der Waals surface area contributed by atoms with E-state index in [2.05, 4.69) is 24.1 Å². The summed E-state index contributed by atoms with van der Waals surface area (Å²) >= 11 is 0. The Bertz CT molecular complexity index is 307. The fraction of sp³-hybridized carbons (Fsp3) is 0.833. The number of aliphatic hydroxyl groups excluding tert-OH is 1. The lowest BCUT2D eigenvalue weighted by molar-refractivity contribution is -0.143. The van der Waals surface area contributed by atoms with Crippen LogP contribution >= 0.6 is 0 Å². The lowest BCUT2D eigenvalue weighted by Gasteiger charge is -2.04. The van der Waals surface area contributed by atoms with Crippen molar-refractivity contribution in [2.45, 2.75) is 71.1 Å². The van der Waals surface area contributed by atoms with E-state index in [4.69, 9.17) is 9.84 Å². The lowest BCUT2D eigenvalue weighted by atomic mass is 10.1. The average molecular weight is 311 g/mol. The first kappa shape index (κ1) is 20.9. The zero-order chi connectivity index (χ0) is 16.3. The zero-order valence-corrected chi connectivity index (χ0v) is 14.2. The molecule has 0 bridgehead atoms. The molecular formula is C18H33NO3. The first-order valence-electron chi connectivity index (χ1n) is 8.74. The molecule has 22 heavy (non-hydrogen) atoms. The highest BCUT2D eigenvalue weighted by Gasteiger charge is 2.01. The third-order valence-corrected chi connectivity index (χ3v) is 3.29. The van der Waals surface area contributed by atoms with Gasteiger partial charge in [0.2, 0.25) is 0 Å². The predicted octanol–water partition coefficient (Wildman–Crippen LogP) is 3.04. The number of rotatable bonds is 14. The minimum atomic E-state index is -0.105. The second kappa shape index (κ2) is 18.0. The van der Waals surface area contributed by atoms with E-state index in [1.54, 1.807) is 0 Å². The molecule has 0 unspecified atom stereocenters. The minimum absolute atomic E-state index is 0.105. The Morgan fingerprint density at radius 1 is 1.00 bits per heavy atom. The maximum absolute atomic E-state index is 11.5. The molecule has 4 nitrogen and oxygen atoms in total. The first-order chi connectivity index (χ1) is 10.8. The second-order valence-corrected chi connectivity index (χ2v) is 5.42. The molecule has 4 heteroatoms. The predicted molar refractivity (Wildman–Crippen MR) is 90.5 cm³/mol. The summed E-state index contributed by atoms with van der Waals surface area (Å²) in [6.07, 6.45) is 9.86. The number of hydrogen-bond donors (Lipinski definition) is 2. The number of ether oxygens (including phenoxy) is 1. The fourth-order valence-electron chi connectivity index (χ4n) is 2.01. The molecule has 0 rings (SSSR count). The number of carbonyl (C=O) groups is 1. The van der Waals surface area contributed by atoms with Crippen molar-refractivity contribution in [3.05, 3.63) is 0 Å². The number of unbranched alkanes of at least 4 members (excludes halogenated alkanes) is 6. The van der Waals surface area contributed by atoms with Crippen LogP contribution in [0.25, 0.3) is 0 Å². The van der Waals surface area contributed by atoms with E-state index in [-0.39, 0.29) is 12.6 Å². The Morgan fingerprint density at radius 2 is 1.77 bits per heavy atom. The molecule has 0 aromatic heterocycles. The number of aliphatic hydroxyl groups is 1. The van der Waals surface area contributed by atoms with Crippen molar-refractivity contribution in [2.24, 2.45) is 0 Å². The average Bonchev–Trinajstić information content (AvgIpc) is 2.52. The Morgan fingerprint density at radius 3 is 2.55 bits per heavy atom. The van der Waals surface area contributed by atoms with Gasteiger partial charge in [-0.05, 0) is 25.8 Å². The van der Waals surface area contributed by atoms with E-state index in [1.165, 1.54) is 19.3 Å². The molecule has 2 N–H and O–H groups in total.